The summed E-state index contributed by atoms with van der Waals surface area (Å²) in [5, 5.41) is 3.02. The highest BCUT2D eigenvalue weighted by Gasteiger charge is 2.34. The number of hydrogen-bond acceptors (Lipinski definition) is 2. The van der Waals surface area contributed by atoms with Gasteiger partial charge in [0, 0.05) is 24.9 Å². The number of carbonyl (C=O) groups excluding carboxylic acids is 1. The van der Waals surface area contributed by atoms with Gasteiger partial charge in [-0.05, 0) is 30.2 Å². The van der Waals surface area contributed by atoms with E-state index in [-0.39, 0.29) is 11.7 Å². The average molecular weight is 357 g/mol. The number of ether oxygens (including phenoxy) is 1. The zero-order valence-electron chi connectivity index (χ0n) is 15.1. The normalized spacial score (nSPS) is 14.7. The molecule has 0 spiro atoms. The number of hydrogen-bond donors (Lipinski definition) is 2. The predicted molar refractivity (Wildman–Crippen MR) is 98.7 cm³/mol. The molecule has 1 aliphatic rings. The van der Waals surface area contributed by atoms with Crippen LogP contribution in [0.2, 0.25) is 0 Å². The third kappa shape index (κ3) is 5.30. The number of carbonyl (C=O) groups is 1. The summed E-state index contributed by atoms with van der Waals surface area (Å²) in [5.74, 6) is 0.683. The summed E-state index contributed by atoms with van der Waals surface area (Å²) in [5.41, 5.74) is 2.16. The van der Waals surface area contributed by atoms with Gasteiger partial charge in [-0.1, -0.05) is 30.3 Å². The van der Waals surface area contributed by atoms with Gasteiger partial charge < -0.3 is 15.0 Å². The van der Waals surface area contributed by atoms with Crippen LogP contribution in [0.5, 0.6) is 5.75 Å². The van der Waals surface area contributed by atoms with Crippen LogP contribution >= 0.6 is 0 Å². The molecule has 1 aliphatic carbocycles. The van der Waals surface area contributed by atoms with Gasteiger partial charge in [0.2, 0.25) is 0 Å². The summed E-state index contributed by atoms with van der Waals surface area (Å²) in [6, 6.07) is 15.0. The summed E-state index contributed by atoms with van der Waals surface area (Å²) in [7, 11) is 1.66. The maximum atomic E-state index is 13.1. The third-order valence-corrected chi connectivity index (χ3v) is 4.80. The fraction of sp³-hybridized carbons (Fsp3) is 0.381. The van der Waals surface area contributed by atoms with E-state index < -0.39 is 0 Å². The Kier molecular flexibility index (Phi) is 6.23. The molecule has 0 bridgehead atoms. The summed E-state index contributed by atoms with van der Waals surface area (Å²) in [6.45, 7) is 1.80. The number of para-hydroxylation sites is 1. The van der Waals surface area contributed by atoms with E-state index in [4.69, 9.17) is 4.74 Å². The smallest absolute Gasteiger partial charge is 0.275 e. The van der Waals surface area contributed by atoms with Crippen LogP contribution in [0.15, 0.2) is 48.5 Å². The molecule has 2 aromatic rings. The molecule has 0 heterocycles. The second kappa shape index (κ2) is 8.81. The fourth-order valence-corrected chi connectivity index (χ4v) is 3.22. The molecule has 4 nitrogen and oxygen atoms in total. The topological polar surface area (TPSA) is 42.8 Å². The van der Waals surface area contributed by atoms with Crippen LogP contribution in [0.1, 0.15) is 24.0 Å². The molecule has 0 saturated heterocycles. The second-order valence-electron chi connectivity index (χ2n) is 6.82. The van der Waals surface area contributed by atoms with Crippen molar-refractivity contribution in [1.82, 2.24) is 5.32 Å². The van der Waals surface area contributed by atoms with Gasteiger partial charge in [0.25, 0.3) is 5.91 Å². The lowest BCUT2D eigenvalue weighted by molar-refractivity contribution is -0.917. The van der Waals surface area contributed by atoms with Gasteiger partial charge in [-0.3, -0.25) is 4.79 Å². The summed E-state index contributed by atoms with van der Waals surface area (Å²) in [4.78, 5) is 13.6. The minimum Gasteiger partial charge on any atom is -0.496 e. The Balaban J connectivity index is 1.48. The van der Waals surface area contributed by atoms with E-state index in [0.717, 1.165) is 42.7 Å². The first-order chi connectivity index (χ1) is 12.7. The Labute approximate surface area is 154 Å². The van der Waals surface area contributed by atoms with Crippen LogP contribution in [0.4, 0.5) is 4.39 Å². The van der Waals surface area contributed by atoms with Gasteiger partial charge in [0.1, 0.15) is 18.1 Å². The van der Waals surface area contributed by atoms with Crippen molar-refractivity contribution in [3.8, 4) is 5.75 Å². The van der Waals surface area contributed by atoms with Crippen LogP contribution in [-0.4, -0.2) is 32.1 Å². The standard InChI is InChI=1S/C21H25FN2O2/c1-26-20-5-3-2-4-17(20)12-13-23-21(25)15-24(19-10-11-19)14-16-6-8-18(22)9-7-16/h2-9,19H,10-15H2,1H3,(H,23,25)/p+1. The molecule has 1 unspecified atom stereocenters. The maximum absolute atomic E-state index is 13.1. The van der Waals surface area contributed by atoms with E-state index in [2.05, 4.69) is 5.32 Å². The zero-order valence-corrected chi connectivity index (χ0v) is 15.1. The molecule has 0 radical (unpaired) electrons. The number of amides is 1. The molecule has 1 atom stereocenters. The van der Waals surface area contributed by atoms with Crippen LogP contribution < -0.4 is 15.0 Å². The van der Waals surface area contributed by atoms with Gasteiger partial charge in [-0.15, -0.1) is 0 Å². The molecule has 138 valence electrons. The molecule has 1 fully saturated rings. The molecule has 5 heteroatoms. The lowest BCUT2D eigenvalue weighted by Gasteiger charge is -2.19. The lowest BCUT2D eigenvalue weighted by Crippen LogP contribution is -3.13. The van der Waals surface area contributed by atoms with E-state index in [9.17, 15) is 9.18 Å². The number of benzene rings is 2. The van der Waals surface area contributed by atoms with Crippen LogP contribution in [0.25, 0.3) is 0 Å². The Morgan fingerprint density at radius 2 is 1.92 bits per heavy atom. The largest absolute Gasteiger partial charge is 0.496 e. The molecule has 0 aliphatic heterocycles. The van der Waals surface area contributed by atoms with Gasteiger partial charge in [-0.2, -0.15) is 0 Å². The summed E-state index contributed by atoms with van der Waals surface area (Å²) >= 11 is 0. The Hall–Kier alpha value is -2.40. The summed E-state index contributed by atoms with van der Waals surface area (Å²) < 4.78 is 18.4. The molecular formula is C21H26FN2O2+. The molecule has 1 amide bonds. The number of rotatable bonds is 9. The Bertz CT molecular complexity index is 729. The third-order valence-electron chi connectivity index (χ3n) is 4.80. The van der Waals surface area contributed by atoms with Crippen molar-refractivity contribution in [2.75, 3.05) is 20.2 Å². The highest BCUT2D eigenvalue weighted by atomic mass is 19.1. The number of halogens is 1. The molecule has 1 saturated carbocycles. The van der Waals surface area contributed by atoms with Gasteiger partial charge in [-0.25, -0.2) is 4.39 Å². The van der Waals surface area contributed by atoms with Crippen molar-refractivity contribution in [1.29, 1.82) is 0 Å². The minimum atomic E-state index is -0.226. The lowest BCUT2D eigenvalue weighted by atomic mass is 10.1. The first-order valence-electron chi connectivity index (χ1n) is 9.13. The van der Waals surface area contributed by atoms with Crippen molar-refractivity contribution < 1.29 is 18.8 Å². The average Bonchev–Trinajstić information content (AvgIpc) is 3.48. The highest BCUT2D eigenvalue weighted by Crippen LogP contribution is 2.17. The van der Waals surface area contributed by atoms with Crippen molar-refractivity contribution in [2.24, 2.45) is 0 Å². The van der Waals surface area contributed by atoms with E-state index in [1.54, 1.807) is 19.2 Å². The predicted octanol–water partition coefficient (Wildman–Crippen LogP) is 1.74. The van der Waals surface area contributed by atoms with Crippen molar-refractivity contribution in [3.05, 3.63) is 65.5 Å². The van der Waals surface area contributed by atoms with Crippen molar-refractivity contribution in [3.63, 3.8) is 0 Å². The van der Waals surface area contributed by atoms with Gasteiger partial charge >= 0.3 is 0 Å². The maximum Gasteiger partial charge on any atom is 0.275 e. The SMILES string of the molecule is COc1ccccc1CCNC(=O)C[NH+](Cc1ccc(F)cc1)C1CC1. The number of nitrogens with one attached hydrogen (secondary N) is 2. The molecule has 2 aromatic carbocycles. The first-order valence-corrected chi connectivity index (χ1v) is 9.13. The van der Waals surface area contributed by atoms with E-state index in [1.807, 2.05) is 24.3 Å². The molecule has 3 rings (SSSR count). The highest BCUT2D eigenvalue weighted by molar-refractivity contribution is 5.76. The molecule has 2 N–H and O–H groups in total. The van der Waals surface area contributed by atoms with Crippen molar-refractivity contribution in [2.45, 2.75) is 31.8 Å². The van der Waals surface area contributed by atoms with Crippen molar-refractivity contribution >= 4 is 5.91 Å². The minimum absolute atomic E-state index is 0.0592. The zero-order chi connectivity index (χ0) is 18.4. The molecule has 26 heavy (non-hydrogen) atoms. The van der Waals surface area contributed by atoms with Crippen LogP contribution in [0, 0.1) is 5.82 Å². The Morgan fingerprint density at radius 3 is 2.62 bits per heavy atom. The first kappa shape index (κ1) is 18.4. The van der Waals surface area contributed by atoms with E-state index in [1.165, 1.54) is 17.0 Å². The number of quaternary nitrogens is 1. The fourth-order valence-electron chi connectivity index (χ4n) is 3.22. The monoisotopic (exact) mass is 357 g/mol. The molecule has 0 aromatic heterocycles. The van der Waals surface area contributed by atoms with E-state index >= 15 is 0 Å². The summed E-state index contributed by atoms with van der Waals surface area (Å²) in [6.07, 6.45) is 3.06. The van der Waals surface area contributed by atoms with E-state index in [0.29, 0.717) is 19.1 Å². The Morgan fingerprint density at radius 1 is 1.19 bits per heavy atom. The quantitative estimate of drug-likeness (QED) is 0.718. The van der Waals surface area contributed by atoms with Crippen LogP contribution in [-0.2, 0) is 17.8 Å². The van der Waals surface area contributed by atoms with Crippen LogP contribution in [0.3, 0.4) is 0 Å². The van der Waals surface area contributed by atoms with Gasteiger partial charge in [0.15, 0.2) is 6.54 Å². The molecular weight excluding hydrogens is 331 g/mol. The second-order valence-corrected chi connectivity index (χ2v) is 6.82. The number of methoxy groups -OCH3 is 1. The van der Waals surface area contributed by atoms with Gasteiger partial charge in [0.05, 0.1) is 13.2 Å².